The van der Waals surface area contributed by atoms with Crippen LogP contribution in [-0.2, 0) is 4.79 Å². The van der Waals surface area contributed by atoms with E-state index in [1.807, 2.05) is 37.3 Å². The summed E-state index contributed by atoms with van der Waals surface area (Å²) in [7, 11) is 0. The Morgan fingerprint density at radius 3 is 2.77 bits per heavy atom. The average Bonchev–Trinajstić information content (AvgIpc) is 2.79. The molecule has 0 atom stereocenters. The molecule has 4 nitrogen and oxygen atoms in total. The molecule has 1 aliphatic rings. The number of phenols is 1. The first-order valence-corrected chi connectivity index (χ1v) is 7.57. The lowest BCUT2D eigenvalue weighted by atomic mass is 10.2. The second-order valence-electron chi connectivity index (χ2n) is 4.92. The van der Waals surface area contributed by atoms with Crippen LogP contribution in [0.25, 0.3) is 6.08 Å². The van der Waals surface area contributed by atoms with Crippen LogP contribution >= 0.6 is 11.8 Å². The van der Waals surface area contributed by atoms with Gasteiger partial charge in [-0.15, -0.1) is 0 Å². The molecule has 1 saturated heterocycles. The number of hydrogen-bond donors (Lipinski definition) is 2. The number of hydrogen-bond acceptors (Lipinski definition) is 4. The summed E-state index contributed by atoms with van der Waals surface area (Å²) in [6, 6.07) is 14.5. The molecule has 0 bridgehead atoms. The molecule has 1 fully saturated rings. The molecule has 0 unspecified atom stereocenters. The van der Waals surface area contributed by atoms with Gasteiger partial charge in [0.2, 0.25) is 0 Å². The maximum absolute atomic E-state index is 12.0. The summed E-state index contributed by atoms with van der Waals surface area (Å²) in [4.78, 5) is 17.0. The van der Waals surface area contributed by atoms with Crippen LogP contribution in [-0.4, -0.2) is 16.2 Å². The van der Waals surface area contributed by atoms with Crippen LogP contribution in [0.3, 0.4) is 0 Å². The number of carbonyl (C=O) groups is 1. The summed E-state index contributed by atoms with van der Waals surface area (Å²) in [6.07, 6.45) is 1.73. The smallest absolute Gasteiger partial charge is 0.264 e. The second kappa shape index (κ2) is 6.07. The maximum atomic E-state index is 12.0. The van der Waals surface area contributed by atoms with Gasteiger partial charge < -0.3 is 10.4 Å². The van der Waals surface area contributed by atoms with Crippen molar-refractivity contribution in [2.24, 2.45) is 4.99 Å². The molecule has 2 aromatic rings. The minimum absolute atomic E-state index is 0.173. The number of thioether (sulfide) groups is 1. The highest BCUT2D eigenvalue weighted by atomic mass is 32.2. The Kier molecular flexibility index (Phi) is 3.98. The standard InChI is InChI=1S/C17H14N2O2S/c1-11-4-2-6-13(8-11)18-17-19-16(21)15(22-17)10-12-5-3-7-14(20)9-12/h2-10,20H,1H3,(H,18,19,21)/b15-10+. The highest BCUT2D eigenvalue weighted by molar-refractivity contribution is 8.18. The van der Waals surface area contributed by atoms with Gasteiger partial charge in [-0.3, -0.25) is 4.79 Å². The fraction of sp³-hybridized carbons (Fsp3) is 0.0588. The topological polar surface area (TPSA) is 61.7 Å². The number of aromatic hydroxyl groups is 1. The molecule has 0 aliphatic carbocycles. The first-order chi connectivity index (χ1) is 10.6. The van der Waals surface area contributed by atoms with E-state index in [4.69, 9.17) is 0 Å². The minimum Gasteiger partial charge on any atom is -0.508 e. The summed E-state index contributed by atoms with van der Waals surface area (Å²) in [6.45, 7) is 2.00. The molecule has 2 aromatic carbocycles. The number of benzene rings is 2. The lowest BCUT2D eigenvalue weighted by Crippen LogP contribution is -2.19. The third-order valence-electron chi connectivity index (χ3n) is 3.05. The minimum atomic E-state index is -0.181. The van der Waals surface area contributed by atoms with Crippen LogP contribution < -0.4 is 5.32 Å². The first kappa shape index (κ1) is 14.4. The van der Waals surface area contributed by atoms with Crippen LogP contribution in [0.15, 0.2) is 58.4 Å². The van der Waals surface area contributed by atoms with Crippen molar-refractivity contribution in [3.8, 4) is 5.75 Å². The van der Waals surface area contributed by atoms with Crippen molar-refractivity contribution >= 4 is 34.6 Å². The van der Waals surface area contributed by atoms with Crippen molar-refractivity contribution < 1.29 is 9.90 Å². The predicted octanol–water partition coefficient (Wildman–Crippen LogP) is 3.59. The van der Waals surface area contributed by atoms with Crippen molar-refractivity contribution in [2.45, 2.75) is 6.92 Å². The SMILES string of the molecule is Cc1cccc(N=C2NC(=O)/C(=C\c3cccc(O)c3)S2)c1. The summed E-state index contributed by atoms with van der Waals surface area (Å²) < 4.78 is 0. The van der Waals surface area contributed by atoms with E-state index in [1.54, 1.807) is 24.3 Å². The monoisotopic (exact) mass is 310 g/mol. The van der Waals surface area contributed by atoms with Gasteiger partial charge in [0.25, 0.3) is 5.91 Å². The molecule has 110 valence electrons. The Labute approximate surface area is 132 Å². The number of phenolic OH excluding ortho intramolecular Hbond substituents is 1. The third-order valence-corrected chi connectivity index (χ3v) is 3.96. The van der Waals surface area contributed by atoms with Crippen LogP contribution in [0.1, 0.15) is 11.1 Å². The molecule has 0 saturated carbocycles. The van der Waals surface area contributed by atoms with Gasteiger partial charge in [-0.2, -0.15) is 0 Å². The third kappa shape index (κ3) is 3.38. The number of amidine groups is 1. The van der Waals surface area contributed by atoms with E-state index in [1.165, 1.54) is 11.8 Å². The fourth-order valence-corrected chi connectivity index (χ4v) is 2.90. The highest BCUT2D eigenvalue weighted by Crippen LogP contribution is 2.28. The summed E-state index contributed by atoms with van der Waals surface area (Å²) in [5.74, 6) is -0.00819. The average molecular weight is 310 g/mol. The number of nitrogens with one attached hydrogen (secondary N) is 1. The van der Waals surface area contributed by atoms with Crippen molar-refractivity contribution in [1.29, 1.82) is 0 Å². The number of amides is 1. The van der Waals surface area contributed by atoms with Crippen LogP contribution in [0.2, 0.25) is 0 Å². The Bertz CT molecular complexity index is 797. The lowest BCUT2D eigenvalue weighted by Gasteiger charge is -1.97. The number of nitrogens with zero attached hydrogens (tertiary/aromatic N) is 1. The number of aliphatic imine (C=N–C) groups is 1. The quantitative estimate of drug-likeness (QED) is 0.833. The highest BCUT2D eigenvalue weighted by Gasteiger charge is 2.23. The molecule has 5 heteroatoms. The number of rotatable bonds is 2. The van der Waals surface area contributed by atoms with Crippen molar-refractivity contribution in [3.05, 3.63) is 64.6 Å². The zero-order valence-electron chi connectivity index (χ0n) is 11.9. The van der Waals surface area contributed by atoms with E-state index >= 15 is 0 Å². The molecular weight excluding hydrogens is 296 g/mol. The molecule has 0 aromatic heterocycles. The van der Waals surface area contributed by atoms with Gasteiger partial charge in [-0.25, -0.2) is 4.99 Å². The zero-order chi connectivity index (χ0) is 15.5. The largest absolute Gasteiger partial charge is 0.508 e. The Hall–Kier alpha value is -2.53. The van der Waals surface area contributed by atoms with Gasteiger partial charge in [-0.1, -0.05) is 24.3 Å². The van der Waals surface area contributed by atoms with Gasteiger partial charge in [0.1, 0.15) is 5.75 Å². The van der Waals surface area contributed by atoms with E-state index in [0.29, 0.717) is 10.1 Å². The van der Waals surface area contributed by atoms with Crippen LogP contribution in [0, 0.1) is 6.92 Å². The molecule has 1 aliphatic heterocycles. The molecule has 22 heavy (non-hydrogen) atoms. The van der Waals surface area contributed by atoms with Gasteiger partial charge in [0, 0.05) is 0 Å². The van der Waals surface area contributed by atoms with E-state index < -0.39 is 0 Å². The van der Waals surface area contributed by atoms with Gasteiger partial charge in [-0.05, 0) is 60.2 Å². The van der Waals surface area contributed by atoms with Crippen molar-refractivity contribution in [3.63, 3.8) is 0 Å². The molecule has 3 rings (SSSR count). The van der Waals surface area contributed by atoms with Gasteiger partial charge in [0.05, 0.1) is 10.6 Å². The lowest BCUT2D eigenvalue weighted by molar-refractivity contribution is -0.115. The Morgan fingerprint density at radius 2 is 2.00 bits per heavy atom. The van der Waals surface area contributed by atoms with Gasteiger partial charge >= 0.3 is 0 Å². The van der Waals surface area contributed by atoms with Crippen molar-refractivity contribution in [2.75, 3.05) is 0 Å². The fourth-order valence-electron chi connectivity index (χ4n) is 2.06. The van der Waals surface area contributed by atoms with Crippen LogP contribution in [0.4, 0.5) is 5.69 Å². The molecule has 2 N–H and O–H groups in total. The zero-order valence-corrected chi connectivity index (χ0v) is 12.7. The molecule has 1 heterocycles. The van der Waals surface area contributed by atoms with Crippen LogP contribution in [0.5, 0.6) is 5.75 Å². The van der Waals surface area contributed by atoms with E-state index in [-0.39, 0.29) is 11.7 Å². The Morgan fingerprint density at radius 1 is 1.18 bits per heavy atom. The molecule has 0 radical (unpaired) electrons. The molecule has 0 spiro atoms. The first-order valence-electron chi connectivity index (χ1n) is 6.75. The number of carbonyl (C=O) groups excluding carboxylic acids is 1. The summed E-state index contributed by atoms with van der Waals surface area (Å²) >= 11 is 1.29. The van der Waals surface area contributed by atoms with E-state index in [0.717, 1.165) is 16.8 Å². The van der Waals surface area contributed by atoms with E-state index in [2.05, 4.69) is 10.3 Å². The van der Waals surface area contributed by atoms with Crippen molar-refractivity contribution in [1.82, 2.24) is 5.32 Å². The maximum Gasteiger partial charge on any atom is 0.264 e. The summed E-state index contributed by atoms with van der Waals surface area (Å²) in [5.41, 5.74) is 2.70. The second-order valence-corrected chi connectivity index (χ2v) is 5.95. The molecular formula is C17H14N2O2S. The summed E-state index contributed by atoms with van der Waals surface area (Å²) in [5, 5.41) is 12.8. The van der Waals surface area contributed by atoms with E-state index in [9.17, 15) is 9.90 Å². The predicted molar refractivity (Wildman–Crippen MR) is 90.1 cm³/mol. The normalized spacial score (nSPS) is 18.0. The molecule has 1 amide bonds. The van der Waals surface area contributed by atoms with Gasteiger partial charge in [0.15, 0.2) is 5.17 Å². The Balaban J connectivity index is 1.84. The number of aryl methyl sites for hydroxylation is 1.